The second-order valence-corrected chi connectivity index (χ2v) is 7.88. The second-order valence-electron chi connectivity index (χ2n) is 7.44. The summed E-state index contributed by atoms with van der Waals surface area (Å²) in [6.07, 6.45) is 0. The van der Waals surface area contributed by atoms with Gasteiger partial charge in [-0.2, -0.15) is 0 Å². The van der Waals surface area contributed by atoms with Crippen molar-refractivity contribution in [3.63, 3.8) is 0 Å². The molecule has 2 N–H and O–H groups in total. The molecular formula is C25H26ClN3O3. The molecule has 166 valence electrons. The zero-order chi connectivity index (χ0) is 23.1. The van der Waals surface area contributed by atoms with Crippen molar-refractivity contribution in [1.82, 2.24) is 4.90 Å². The first kappa shape index (κ1) is 23.3. The van der Waals surface area contributed by atoms with E-state index in [9.17, 15) is 9.59 Å². The van der Waals surface area contributed by atoms with E-state index in [1.807, 2.05) is 55.3 Å². The van der Waals surface area contributed by atoms with E-state index >= 15 is 0 Å². The maximum atomic E-state index is 12.7. The van der Waals surface area contributed by atoms with Gasteiger partial charge >= 0.3 is 0 Å². The largest absolute Gasteiger partial charge is 0.495 e. The van der Waals surface area contributed by atoms with Crippen molar-refractivity contribution in [2.24, 2.45) is 0 Å². The molecule has 3 aromatic rings. The first-order valence-corrected chi connectivity index (χ1v) is 10.5. The SMILES string of the molecule is COc1ccccc1NC(=O)c1ccc(NC(=O)C(C)N(C)Cc2cccc(Cl)c2)cc1. The molecular weight excluding hydrogens is 426 g/mol. The van der Waals surface area contributed by atoms with Gasteiger partial charge in [0.1, 0.15) is 5.75 Å². The third kappa shape index (κ3) is 6.09. The Bertz CT molecular complexity index is 1090. The number of carbonyl (C=O) groups excluding carboxylic acids is 2. The third-order valence-corrected chi connectivity index (χ3v) is 5.37. The summed E-state index contributed by atoms with van der Waals surface area (Å²) in [5, 5.41) is 6.40. The van der Waals surface area contributed by atoms with E-state index < -0.39 is 0 Å². The number of hydrogen-bond acceptors (Lipinski definition) is 4. The number of nitrogens with one attached hydrogen (secondary N) is 2. The topological polar surface area (TPSA) is 70.7 Å². The fourth-order valence-electron chi connectivity index (χ4n) is 3.15. The van der Waals surface area contributed by atoms with Gasteiger partial charge in [-0.15, -0.1) is 0 Å². The number of halogens is 1. The van der Waals surface area contributed by atoms with Gasteiger partial charge in [0.15, 0.2) is 0 Å². The summed E-state index contributed by atoms with van der Waals surface area (Å²) in [6, 6.07) is 21.2. The van der Waals surface area contributed by atoms with Crippen LogP contribution in [-0.4, -0.2) is 36.9 Å². The molecule has 6 nitrogen and oxygen atoms in total. The molecule has 0 spiro atoms. The van der Waals surface area contributed by atoms with Gasteiger partial charge < -0.3 is 15.4 Å². The van der Waals surface area contributed by atoms with Crippen molar-refractivity contribution in [3.05, 3.63) is 88.9 Å². The van der Waals surface area contributed by atoms with Crippen LogP contribution >= 0.6 is 11.6 Å². The van der Waals surface area contributed by atoms with Gasteiger partial charge in [0, 0.05) is 22.8 Å². The van der Waals surface area contributed by atoms with E-state index in [4.69, 9.17) is 16.3 Å². The summed E-state index contributed by atoms with van der Waals surface area (Å²) in [5.41, 5.74) is 2.71. The standard InChI is InChI=1S/C25H26ClN3O3/c1-17(29(2)16-18-7-6-8-20(26)15-18)24(30)27-21-13-11-19(12-14-21)25(31)28-22-9-4-5-10-23(22)32-3/h4-15,17H,16H2,1-3H3,(H,27,30)(H,28,31). The number of nitrogens with zero attached hydrogens (tertiary/aromatic N) is 1. The molecule has 0 fully saturated rings. The number of methoxy groups -OCH3 is 1. The van der Waals surface area contributed by atoms with E-state index in [-0.39, 0.29) is 17.9 Å². The molecule has 3 aromatic carbocycles. The van der Waals surface area contributed by atoms with Gasteiger partial charge in [-0.05, 0) is 68.1 Å². The summed E-state index contributed by atoms with van der Waals surface area (Å²) in [6.45, 7) is 2.44. The fraction of sp³-hybridized carbons (Fsp3) is 0.200. The van der Waals surface area contributed by atoms with Crippen molar-refractivity contribution in [1.29, 1.82) is 0 Å². The summed E-state index contributed by atoms with van der Waals surface area (Å²) in [7, 11) is 3.44. The summed E-state index contributed by atoms with van der Waals surface area (Å²) in [5.74, 6) is 0.184. The Balaban J connectivity index is 1.58. The highest BCUT2D eigenvalue weighted by Gasteiger charge is 2.18. The van der Waals surface area contributed by atoms with Crippen molar-refractivity contribution < 1.29 is 14.3 Å². The molecule has 0 aliphatic heterocycles. The molecule has 32 heavy (non-hydrogen) atoms. The molecule has 0 radical (unpaired) electrons. The molecule has 0 heterocycles. The molecule has 0 aromatic heterocycles. The highest BCUT2D eigenvalue weighted by atomic mass is 35.5. The van der Waals surface area contributed by atoms with Gasteiger partial charge in [0.25, 0.3) is 5.91 Å². The Labute approximate surface area is 193 Å². The number of benzene rings is 3. The Morgan fingerprint density at radius 3 is 2.41 bits per heavy atom. The van der Waals surface area contributed by atoms with E-state index in [0.717, 1.165) is 5.56 Å². The average molecular weight is 452 g/mol. The fourth-order valence-corrected chi connectivity index (χ4v) is 3.37. The van der Waals surface area contributed by atoms with Crippen molar-refractivity contribution in [3.8, 4) is 5.75 Å². The van der Waals surface area contributed by atoms with E-state index in [1.165, 1.54) is 0 Å². The quantitative estimate of drug-likeness (QED) is 0.502. The molecule has 0 bridgehead atoms. The zero-order valence-electron chi connectivity index (χ0n) is 18.3. The number of para-hydroxylation sites is 2. The van der Waals surface area contributed by atoms with Crippen molar-refractivity contribution in [2.75, 3.05) is 24.8 Å². The van der Waals surface area contributed by atoms with Crippen LogP contribution in [0.4, 0.5) is 11.4 Å². The van der Waals surface area contributed by atoms with Gasteiger partial charge in [-0.3, -0.25) is 14.5 Å². The number of carbonyl (C=O) groups is 2. The summed E-state index contributed by atoms with van der Waals surface area (Å²) >= 11 is 6.04. The number of amides is 2. The molecule has 3 rings (SSSR count). The Morgan fingerprint density at radius 2 is 1.72 bits per heavy atom. The van der Waals surface area contributed by atoms with Crippen LogP contribution < -0.4 is 15.4 Å². The number of anilines is 2. The van der Waals surface area contributed by atoms with E-state index in [0.29, 0.717) is 34.3 Å². The maximum absolute atomic E-state index is 12.7. The van der Waals surface area contributed by atoms with Crippen molar-refractivity contribution >= 4 is 34.8 Å². The lowest BCUT2D eigenvalue weighted by atomic mass is 10.1. The lowest BCUT2D eigenvalue weighted by Crippen LogP contribution is -2.39. The lowest BCUT2D eigenvalue weighted by Gasteiger charge is -2.24. The monoisotopic (exact) mass is 451 g/mol. The number of likely N-dealkylation sites (N-methyl/N-ethyl adjacent to an activating group) is 1. The number of rotatable bonds is 8. The minimum absolute atomic E-state index is 0.138. The molecule has 7 heteroatoms. The predicted octanol–water partition coefficient (Wildman–Crippen LogP) is 5.06. The van der Waals surface area contributed by atoms with Crippen LogP contribution in [0.5, 0.6) is 5.75 Å². The average Bonchev–Trinajstić information content (AvgIpc) is 2.79. The van der Waals surface area contributed by atoms with Crippen LogP contribution in [0.1, 0.15) is 22.8 Å². The summed E-state index contributed by atoms with van der Waals surface area (Å²) in [4.78, 5) is 27.2. The molecule has 0 aliphatic rings. The smallest absolute Gasteiger partial charge is 0.255 e. The molecule has 0 aliphatic carbocycles. The lowest BCUT2D eigenvalue weighted by molar-refractivity contribution is -0.120. The first-order valence-electron chi connectivity index (χ1n) is 10.2. The van der Waals surface area contributed by atoms with Crippen LogP contribution in [0.3, 0.4) is 0 Å². The molecule has 2 amide bonds. The Kier molecular flexibility index (Phi) is 7.87. The first-order chi connectivity index (χ1) is 15.4. The van der Waals surface area contributed by atoms with E-state index in [1.54, 1.807) is 43.5 Å². The Hall–Kier alpha value is -3.35. The van der Waals surface area contributed by atoms with Crippen LogP contribution in [0.25, 0.3) is 0 Å². The maximum Gasteiger partial charge on any atom is 0.255 e. The van der Waals surface area contributed by atoms with Gasteiger partial charge in [-0.1, -0.05) is 35.9 Å². The molecule has 1 unspecified atom stereocenters. The highest BCUT2D eigenvalue weighted by Crippen LogP contribution is 2.24. The van der Waals surface area contributed by atoms with Gasteiger partial charge in [0.05, 0.1) is 18.8 Å². The summed E-state index contributed by atoms with van der Waals surface area (Å²) < 4.78 is 5.26. The van der Waals surface area contributed by atoms with Gasteiger partial charge in [0.2, 0.25) is 5.91 Å². The van der Waals surface area contributed by atoms with Crippen LogP contribution in [0.15, 0.2) is 72.8 Å². The third-order valence-electron chi connectivity index (χ3n) is 5.13. The number of ether oxygens (including phenoxy) is 1. The van der Waals surface area contributed by atoms with Crippen LogP contribution in [0, 0.1) is 0 Å². The van der Waals surface area contributed by atoms with Gasteiger partial charge in [-0.25, -0.2) is 0 Å². The van der Waals surface area contributed by atoms with Crippen LogP contribution in [-0.2, 0) is 11.3 Å². The van der Waals surface area contributed by atoms with Crippen LogP contribution in [0.2, 0.25) is 5.02 Å². The minimum Gasteiger partial charge on any atom is -0.495 e. The zero-order valence-corrected chi connectivity index (χ0v) is 19.0. The number of hydrogen-bond donors (Lipinski definition) is 2. The second kappa shape index (κ2) is 10.8. The molecule has 0 saturated carbocycles. The molecule has 0 saturated heterocycles. The normalized spacial score (nSPS) is 11.7. The highest BCUT2D eigenvalue weighted by molar-refractivity contribution is 6.30. The van der Waals surface area contributed by atoms with E-state index in [2.05, 4.69) is 10.6 Å². The minimum atomic E-state index is -0.359. The molecule has 1 atom stereocenters. The van der Waals surface area contributed by atoms with Crippen molar-refractivity contribution in [2.45, 2.75) is 19.5 Å². The predicted molar refractivity (Wildman–Crippen MR) is 128 cm³/mol. The Morgan fingerprint density at radius 1 is 1.00 bits per heavy atom.